The summed E-state index contributed by atoms with van der Waals surface area (Å²) in [5.41, 5.74) is 2.89. The van der Waals surface area contributed by atoms with Gasteiger partial charge in [0.1, 0.15) is 5.75 Å². The summed E-state index contributed by atoms with van der Waals surface area (Å²) >= 11 is 0. The van der Waals surface area contributed by atoms with Gasteiger partial charge in [-0.2, -0.15) is 4.98 Å². The fraction of sp³-hybridized carbons (Fsp3) is 0.400. The summed E-state index contributed by atoms with van der Waals surface area (Å²) in [6, 6.07) is 15.6. The number of carbonyl (C=O) groups is 1. The number of piperidine rings is 1. The van der Waals surface area contributed by atoms with E-state index in [2.05, 4.69) is 36.1 Å². The first-order valence-corrected chi connectivity index (χ1v) is 11.0. The third-order valence-electron chi connectivity index (χ3n) is 5.75. The summed E-state index contributed by atoms with van der Waals surface area (Å²) in [6.45, 7) is 8.21. The zero-order chi connectivity index (χ0) is 21.8. The van der Waals surface area contributed by atoms with Crippen molar-refractivity contribution < 1.29 is 14.1 Å². The molecule has 1 aliphatic heterocycles. The number of hydrogen-bond donors (Lipinski definition) is 0. The Hall–Kier alpha value is -3.15. The smallest absolute Gasteiger partial charge is 0.253 e. The van der Waals surface area contributed by atoms with Crippen LogP contribution in [0.3, 0.4) is 0 Å². The van der Waals surface area contributed by atoms with E-state index in [0.717, 1.165) is 30.7 Å². The molecule has 0 aliphatic carbocycles. The minimum atomic E-state index is 0.0248. The van der Waals surface area contributed by atoms with Crippen LogP contribution < -0.4 is 4.74 Å². The number of likely N-dealkylation sites (tertiary alicyclic amines) is 1. The Bertz CT molecular complexity index is 1010. The lowest BCUT2D eigenvalue weighted by atomic mass is 9.97. The molecular weight excluding hydrogens is 390 g/mol. The summed E-state index contributed by atoms with van der Waals surface area (Å²) in [7, 11) is 0. The molecule has 6 heteroatoms. The van der Waals surface area contributed by atoms with E-state index in [1.807, 2.05) is 48.2 Å². The van der Waals surface area contributed by atoms with E-state index in [1.54, 1.807) is 0 Å². The predicted molar refractivity (Wildman–Crippen MR) is 119 cm³/mol. The Labute approximate surface area is 183 Å². The van der Waals surface area contributed by atoms with Crippen LogP contribution in [0.1, 0.15) is 67.3 Å². The lowest BCUT2D eigenvalue weighted by molar-refractivity contribution is 0.0695. The summed E-state index contributed by atoms with van der Waals surface area (Å²) in [6.07, 6.45) is 1.84. The quantitative estimate of drug-likeness (QED) is 0.544. The maximum Gasteiger partial charge on any atom is 0.253 e. The summed E-state index contributed by atoms with van der Waals surface area (Å²) < 4.78 is 11.1. The first-order valence-electron chi connectivity index (χ1n) is 11.0. The Balaban J connectivity index is 1.44. The molecule has 2 aromatic carbocycles. The standard InChI is InChI=1S/C25H29N3O3/c1-4-30-22-13-11-20(12-14-22)25(29)28-15-5-6-21(16-28)24-26-23(27-31-24)19-9-7-18(8-10-19)17(2)3/h7-14,17,21H,4-6,15-16H2,1-3H3/t21-/m1/s1. The van der Waals surface area contributed by atoms with Crippen LogP contribution in [0.15, 0.2) is 53.1 Å². The largest absolute Gasteiger partial charge is 0.494 e. The van der Waals surface area contributed by atoms with Gasteiger partial charge in [-0.25, -0.2) is 0 Å². The van der Waals surface area contributed by atoms with Crippen molar-refractivity contribution in [3.05, 3.63) is 65.5 Å². The van der Waals surface area contributed by atoms with Gasteiger partial charge in [0.05, 0.1) is 12.5 Å². The highest BCUT2D eigenvalue weighted by Crippen LogP contribution is 2.29. The van der Waals surface area contributed by atoms with Gasteiger partial charge in [-0.15, -0.1) is 0 Å². The number of carbonyl (C=O) groups excluding carboxylic acids is 1. The van der Waals surface area contributed by atoms with Crippen molar-refractivity contribution in [3.63, 3.8) is 0 Å². The maximum atomic E-state index is 13.0. The second kappa shape index (κ2) is 9.33. The topological polar surface area (TPSA) is 68.5 Å². The van der Waals surface area contributed by atoms with E-state index in [4.69, 9.17) is 9.26 Å². The van der Waals surface area contributed by atoms with Crippen LogP contribution >= 0.6 is 0 Å². The van der Waals surface area contributed by atoms with E-state index in [9.17, 15) is 4.79 Å². The van der Waals surface area contributed by atoms with Crippen molar-refractivity contribution in [2.75, 3.05) is 19.7 Å². The van der Waals surface area contributed by atoms with Gasteiger partial charge in [-0.05, 0) is 55.5 Å². The molecule has 0 N–H and O–H groups in total. The van der Waals surface area contributed by atoms with Crippen LogP contribution in [0.4, 0.5) is 0 Å². The number of amides is 1. The average Bonchev–Trinajstić information content (AvgIpc) is 3.30. The van der Waals surface area contributed by atoms with Crippen LogP contribution in [0, 0.1) is 0 Å². The molecule has 1 aliphatic rings. The second-order valence-corrected chi connectivity index (χ2v) is 8.28. The zero-order valence-electron chi connectivity index (χ0n) is 18.4. The third kappa shape index (κ3) is 4.79. The molecule has 0 radical (unpaired) electrons. The SMILES string of the molecule is CCOc1ccc(C(=O)N2CCC[C@@H](c3nc(-c4ccc(C(C)C)cc4)no3)C2)cc1. The van der Waals surface area contributed by atoms with Crippen molar-refractivity contribution in [3.8, 4) is 17.1 Å². The molecule has 1 amide bonds. The van der Waals surface area contributed by atoms with Crippen LogP contribution in [-0.2, 0) is 0 Å². The fourth-order valence-corrected chi connectivity index (χ4v) is 3.94. The second-order valence-electron chi connectivity index (χ2n) is 8.28. The van der Waals surface area contributed by atoms with E-state index >= 15 is 0 Å². The molecule has 4 rings (SSSR count). The zero-order valence-corrected chi connectivity index (χ0v) is 18.4. The molecule has 3 aromatic rings. The lowest BCUT2D eigenvalue weighted by Gasteiger charge is -2.31. The highest BCUT2D eigenvalue weighted by molar-refractivity contribution is 5.94. The maximum absolute atomic E-state index is 13.0. The molecule has 1 aromatic heterocycles. The number of hydrogen-bond acceptors (Lipinski definition) is 5. The van der Waals surface area contributed by atoms with E-state index in [-0.39, 0.29) is 11.8 Å². The van der Waals surface area contributed by atoms with Gasteiger partial charge in [0.15, 0.2) is 0 Å². The summed E-state index contributed by atoms with van der Waals surface area (Å²) in [5, 5.41) is 4.19. The van der Waals surface area contributed by atoms with E-state index < -0.39 is 0 Å². The molecule has 1 atom stereocenters. The number of rotatable bonds is 6. The molecule has 0 saturated carbocycles. The molecule has 0 bridgehead atoms. The molecule has 2 heterocycles. The van der Waals surface area contributed by atoms with Crippen LogP contribution in [0.2, 0.25) is 0 Å². The lowest BCUT2D eigenvalue weighted by Crippen LogP contribution is -2.39. The Kier molecular flexibility index (Phi) is 6.35. The van der Waals surface area contributed by atoms with Gasteiger partial charge in [0.2, 0.25) is 11.7 Å². The molecule has 1 fully saturated rings. The van der Waals surface area contributed by atoms with Gasteiger partial charge in [-0.3, -0.25) is 4.79 Å². The molecule has 31 heavy (non-hydrogen) atoms. The van der Waals surface area contributed by atoms with Crippen molar-refractivity contribution in [1.82, 2.24) is 15.0 Å². The number of nitrogens with zero attached hydrogens (tertiary/aromatic N) is 3. The molecule has 0 unspecified atom stereocenters. The Morgan fingerprint density at radius 2 is 1.90 bits per heavy atom. The predicted octanol–water partition coefficient (Wildman–Crippen LogP) is 5.28. The van der Waals surface area contributed by atoms with Gasteiger partial charge in [-0.1, -0.05) is 43.3 Å². The minimum Gasteiger partial charge on any atom is -0.494 e. The first kappa shape index (κ1) is 21.1. The van der Waals surface area contributed by atoms with Gasteiger partial charge >= 0.3 is 0 Å². The summed E-state index contributed by atoms with van der Waals surface area (Å²) in [4.78, 5) is 19.5. The van der Waals surface area contributed by atoms with Crippen molar-refractivity contribution >= 4 is 5.91 Å². The Morgan fingerprint density at radius 3 is 2.58 bits per heavy atom. The molecule has 0 spiro atoms. The minimum absolute atomic E-state index is 0.0248. The third-order valence-corrected chi connectivity index (χ3v) is 5.75. The summed E-state index contributed by atoms with van der Waals surface area (Å²) in [5.74, 6) is 2.53. The molecule has 1 saturated heterocycles. The van der Waals surface area contributed by atoms with E-state index in [1.165, 1.54) is 5.56 Å². The van der Waals surface area contributed by atoms with Gasteiger partial charge in [0.25, 0.3) is 5.91 Å². The fourth-order valence-electron chi connectivity index (χ4n) is 3.94. The van der Waals surface area contributed by atoms with Crippen LogP contribution in [0.5, 0.6) is 5.75 Å². The number of ether oxygens (including phenoxy) is 1. The van der Waals surface area contributed by atoms with Gasteiger partial charge in [0, 0.05) is 24.2 Å². The van der Waals surface area contributed by atoms with Crippen LogP contribution in [-0.4, -0.2) is 40.6 Å². The Morgan fingerprint density at radius 1 is 1.16 bits per heavy atom. The van der Waals surface area contributed by atoms with Gasteiger partial charge < -0.3 is 14.2 Å². The van der Waals surface area contributed by atoms with E-state index in [0.29, 0.717) is 36.3 Å². The average molecular weight is 420 g/mol. The molecule has 162 valence electrons. The van der Waals surface area contributed by atoms with Crippen molar-refractivity contribution in [2.24, 2.45) is 0 Å². The highest BCUT2D eigenvalue weighted by Gasteiger charge is 2.29. The van der Waals surface area contributed by atoms with Crippen LogP contribution in [0.25, 0.3) is 11.4 Å². The van der Waals surface area contributed by atoms with Crippen molar-refractivity contribution in [1.29, 1.82) is 0 Å². The monoisotopic (exact) mass is 419 g/mol. The highest BCUT2D eigenvalue weighted by atomic mass is 16.5. The normalized spacial score (nSPS) is 16.5. The number of benzene rings is 2. The first-order chi connectivity index (χ1) is 15.0. The number of aromatic nitrogens is 2. The molecule has 6 nitrogen and oxygen atoms in total. The van der Waals surface area contributed by atoms with Crippen molar-refractivity contribution in [2.45, 2.75) is 45.4 Å². The molecular formula is C25H29N3O3.